The van der Waals surface area contributed by atoms with Gasteiger partial charge in [-0.2, -0.15) is 17.5 Å². The number of carbonyl (C=O) groups excluding carboxylic acids is 1. The maximum Gasteiger partial charge on any atom is 0.419 e. The Bertz CT molecular complexity index is 1240. The highest BCUT2D eigenvalue weighted by molar-refractivity contribution is 7.89. The summed E-state index contributed by atoms with van der Waals surface area (Å²) in [5.41, 5.74) is -0.193. The van der Waals surface area contributed by atoms with Crippen molar-refractivity contribution in [2.45, 2.75) is 28.8 Å². The summed E-state index contributed by atoms with van der Waals surface area (Å²) >= 11 is 0. The molecule has 1 amide bonds. The van der Waals surface area contributed by atoms with Crippen LogP contribution in [-0.4, -0.2) is 40.1 Å². The minimum Gasteiger partial charge on any atom is -0.273 e. The molecule has 1 saturated heterocycles. The minimum absolute atomic E-state index is 0.0903. The Balaban J connectivity index is 1.77. The molecule has 174 valence electrons. The van der Waals surface area contributed by atoms with E-state index < -0.39 is 48.4 Å². The molecule has 0 aromatic heterocycles. The molecule has 3 rings (SSSR count). The van der Waals surface area contributed by atoms with Gasteiger partial charge in [0, 0.05) is 18.7 Å². The first-order chi connectivity index (χ1) is 14.8. The number of amides is 1. The summed E-state index contributed by atoms with van der Waals surface area (Å²) in [5.74, 6) is -2.71. The average Bonchev–Trinajstić information content (AvgIpc) is 3.27. The maximum absolute atomic E-state index is 13.4. The highest BCUT2D eigenvalue weighted by Gasteiger charge is 2.35. The summed E-state index contributed by atoms with van der Waals surface area (Å²) in [5, 5.41) is 0. The van der Waals surface area contributed by atoms with Crippen molar-refractivity contribution in [2.24, 2.45) is 0 Å². The van der Waals surface area contributed by atoms with Crippen LogP contribution in [0.3, 0.4) is 0 Å². The first-order valence-electron chi connectivity index (χ1n) is 9.11. The van der Waals surface area contributed by atoms with Gasteiger partial charge in [0.15, 0.2) is 0 Å². The smallest absolute Gasteiger partial charge is 0.273 e. The van der Waals surface area contributed by atoms with Crippen LogP contribution >= 0.6 is 0 Å². The molecular weight excluding hydrogens is 478 g/mol. The fraction of sp³-hybridized carbons (Fsp3) is 0.278. The summed E-state index contributed by atoms with van der Waals surface area (Å²) in [4.78, 5) is 12.8. The molecular formula is C18H17F4N3O5S2. The van der Waals surface area contributed by atoms with Crippen molar-refractivity contribution in [3.63, 3.8) is 0 Å². The molecule has 1 aliphatic rings. The zero-order chi connectivity index (χ0) is 23.7. The van der Waals surface area contributed by atoms with Crippen LogP contribution in [0, 0.1) is 5.82 Å². The van der Waals surface area contributed by atoms with Crippen LogP contribution in [0.5, 0.6) is 0 Å². The monoisotopic (exact) mass is 495 g/mol. The highest BCUT2D eigenvalue weighted by Crippen LogP contribution is 2.32. The number of hydrogen-bond donors (Lipinski definition) is 2. The molecule has 2 aromatic rings. The average molecular weight is 495 g/mol. The van der Waals surface area contributed by atoms with Gasteiger partial charge in [-0.25, -0.2) is 21.2 Å². The Morgan fingerprint density at radius 1 is 0.938 bits per heavy atom. The van der Waals surface area contributed by atoms with E-state index in [1.165, 1.54) is 22.5 Å². The Labute approximate surface area is 181 Å². The van der Waals surface area contributed by atoms with Gasteiger partial charge in [0.1, 0.15) is 5.82 Å². The van der Waals surface area contributed by atoms with Gasteiger partial charge in [-0.3, -0.25) is 10.2 Å². The van der Waals surface area contributed by atoms with Crippen molar-refractivity contribution < 1.29 is 39.2 Å². The molecule has 0 bridgehead atoms. The Morgan fingerprint density at radius 3 is 2.22 bits per heavy atom. The van der Waals surface area contributed by atoms with Crippen LogP contribution in [0.1, 0.15) is 28.8 Å². The number of rotatable bonds is 6. The standard InChI is InChI=1S/C18H17F4N3O5S2/c19-16-7-6-13(11-15(16)18(20,21)22)31(27,28)24-23-17(26)12-4-3-5-14(10-12)32(29,30)25-8-1-2-9-25/h3-7,10-11,24H,1-2,8-9H2,(H,23,26). The molecule has 0 atom stereocenters. The van der Waals surface area contributed by atoms with E-state index in [0.717, 1.165) is 6.07 Å². The van der Waals surface area contributed by atoms with E-state index in [9.17, 15) is 39.2 Å². The first kappa shape index (κ1) is 24.1. The van der Waals surface area contributed by atoms with Crippen LogP contribution in [0.2, 0.25) is 0 Å². The zero-order valence-corrected chi connectivity index (χ0v) is 17.8. The molecule has 1 heterocycles. The van der Waals surface area contributed by atoms with Crippen LogP contribution in [0.25, 0.3) is 0 Å². The fourth-order valence-corrected chi connectivity index (χ4v) is 5.44. The molecule has 0 spiro atoms. The maximum atomic E-state index is 13.4. The quantitative estimate of drug-likeness (QED) is 0.472. The van der Waals surface area contributed by atoms with Crippen LogP contribution in [0.4, 0.5) is 17.6 Å². The minimum atomic E-state index is -5.12. The van der Waals surface area contributed by atoms with E-state index in [1.54, 1.807) is 10.3 Å². The number of nitrogens with one attached hydrogen (secondary N) is 2. The Hall–Kier alpha value is -2.55. The lowest BCUT2D eigenvalue weighted by Gasteiger charge is -2.16. The van der Waals surface area contributed by atoms with Crippen LogP contribution < -0.4 is 10.3 Å². The van der Waals surface area contributed by atoms with Gasteiger partial charge in [0.05, 0.1) is 15.4 Å². The van der Waals surface area contributed by atoms with Gasteiger partial charge >= 0.3 is 6.18 Å². The third-order valence-corrected chi connectivity index (χ3v) is 7.79. The third kappa shape index (κ3) is 5.09. The van der Waals surface area contributed by atoms with Gasteiger partial charge in [0.2, 0.25) is 10.0 Å². The highest BCUT2D eigenvalue weighted by atomic mass is 32.2. The van der Waals surface area contributed by atoms with Crippen LogP contribution in [-0.2, 0) is 26.2 Å². The van der Waals surface area contributed by atoms with Crippen LogP contribution in [0.15, 0.2) is 52.3 Å². The topological polar surface area (TPSA) is 113 Å². The molecule has 0 saturated carbocycles. The molecule has 14 heteroatoms. The van der Waals surface area contributed by atoms with Crippen molar-refractivity contribution >= 4 is 26.0 Å². The molecule has 0 unspecified atom stereocenters. The number of halogens is 4. The predicted octanol–water partition coefficient (Wildman–Crippen LogP) is 2.25. The number of sulfonamides is 2. The summed E-state index contributed by atoms with van der Waals surface area (Å²) < 4.78 is 103. The number of carbonyl (C=O) groups is 1. The SMILES string of the molecule is O=C(NNS(=O)(=O)c1ccc(F)c(C(F)(F)F)c1)c1cccc(S(=O)(=O)N2CCCC2)c1. The molecule has 0 radical (unpaired) electrons. The van der Waals surface area contributed by atoms with Gasteiger partial charge in [-0.05, 0) is 49.2 Å². The van der Waals surface area contributed by atoms with Crippen molar-refractivity contribution in [3.8, 4) is 0 Å². The molecule has 8 nitrogen and oxygen atoms in total. The van der Waals surface area contributed by atoms with Gasteiger partial charge in [-0.1, -0.05) is 6.07 Å². The number of alkyl halides is 3. The second-order valence-electron chi connectivity index (χ2n) is 6.84. The predicted molar refractivity (Wildman–Crippen MR) is 104 cm³/mol. The number of hydrogen-bond acceptors (Lipinski definition) is 5. The summed E-state index contributed by atoms with van der Waals surface area (Å²) in [7, 11) is -8.52. The molecule has 1 fully saturated rings. The number of nitrogens with zero attached hydrogens (tertiary/aromatic N) is 1. The molecule has 2 aromatic carbocycles. The molecule has 1 aliphatic heterocycles. The van der Waals surface area contributed by atoms with Crippen molar-refractivity contribution in [1.82, 2.24) is 14.6 Å². The summed E-state index contributed by atoms with van der Waals surface area (Å²) in [6, 6.07) is 5.89. The fourth-order valence-electron chi connectivity index (χ4n) is 3.01. The molecule has 0 aliphatic carbocycles. The number of hydrazine groups is 1. The molecule has 2 N–H and O–H groups in total. The zero-order valence-electron chi connectivity index (χ0n) is 16.2. The Kier molecular flexibility index (Phi) is 6.60. The van der Waals surface area contributed by atoms with Gasteiger partial charge in [-0.15, -0.1) is 4.83 Å². The lowest BCUT2D eigenvalue weighted by molar-refractivity contribution is -0.140. The van der Waals surface area contributed by atoms with E-state index in [2.05, 4.69) is 0 Å². The van der Waals surface area contributed by atoms with Gasteiger partial charge in [0.25, 0.3) is 15.9 Å². The van der Waals surface area contributed by atoms with E-state index in [-0.39, 0.29) is 16.5 Å². The van der Waals surface area contributed by atoms with E-state index >= 15 is 0 Å². The van der Waals surface area contributed by atoms with E-state index in [0.29, 0.717) is 38.1 Å². The lowest BCUT2D eigenvalue weighted by Crippen LogP contribution is -2.41. The normalized spacial score (nSPS) is 15.6. The second-order valence-corrected chi connectivity index (χ2v) is 10.5. The summed E-state index contributed by atoms with van der Waals surface area (Å²) in [6.45, 7) is 0.687. The largest absolute Gasteiger partial charge is 0.419 e. The first-order valence-corrected chi connectivity index (χ1v) is 12.0. The lowest BCUT2D eigenvalue weighted by atomic mass is 10.2. The number of benzene rings is 2. The third-order valence-electron chi connectivity index (χ3n) is 4.65. The van der Waals surface area contributed by atoms with Crippen molar-refractivity contribution in [1.29, 1.82) is 0 Å². The van der Waals surface area contributed by atoms with Crippen molar-refractivity contribution in [2.75, 3.05) is 13.1 Å². The van der Waals surface area contributed by atoms with E-state index in [1.807, 2.05) is 0 Å². The summed E-state index contributed by atoms with van der Waals surface area (Å²) in [6.07, 6.45) is -3.71. The van der Waals surface area contributed by atoms with Gasteiger partial charge < -0.3 is 0 Å². The van der Waals surface area contributed by atoms with E-state index in [4.69, 9.17) is 0 Å². The van der Waals surface area contributed by atoms with Crippen molar-refractivity contribution in [3.05, 3.63) is 59.4 Å². The molecule has 32 heavy (non-hydrogen) atoms. The second kappa shape index (κ2) is 8.77. The Morgan fingerprint density at radius 2 is 1.59 bits per heavy atom.